The highest BCUT2D eigenvalue weighted by molar-refractivity contribution is 5.78. The van der Waals surface area contributed by atoms with Crippen LogP contribution in [0.2, 0.25) is 0 Å². The van der Waals surface area contributed by atoms with Gasteiger partial charge >= 0.3 is 0 Å². The van der Waals surface area contributed by atoms with E-state index >= 15 is 0 Å². The Morgan fingerprint density at radius 3 is 2.86 bits per heavy atom. The van der Waals surface area contributed by atoms with Crippen molar-refractivity contribution in [3.05, 3.63) is 34.9 Å². The van der Waals surface area contributed by atoms with Crippen LogP contribution in [0, 0.1) is 11.8 Å². The summed E-state index contributed by atoms with van der Waals surface area (Å²) in [6, 6.07) is 4.01. The Morgan fingerprint density at radius 2 is 2.14 bits per heavy atom. The number of phenolic OH excluding ortho intramolecular Hbond substituents is 1. The molecule has 1 aliphatic carbocycles. The van der Waals surface area contributed by atoms with E-state index in [1.54, 1.807) is 0 Å². The third kappa shape index (κ3) is 4.21. The van der Waals surface area contributed by atoms with Crippen LogP contribution >= 0.6 is 0 Å². The average Bonchev–Trinajstić information content (AvgIpc) is 2.60. The minimum atomic E-state index is -0.243. The van der Waals surface area contributed by atoms with Crippen LogP contribution in [0.3, 0.4) is 0 Å². The van der Waals surface area contributed by atoms with Crippen molar-refractivity contribution in [3.8, 4) is 11.5 Å². The topological polar surface area (TPSA) is 58.6 Å². The number of aromatic hydroxyl groups is 1. The van der Waals surface area contributed by atoms with Gasteiger partial charge in [0, 0.05) is 29.9 Å². The molecule has 0 saturated carbocycles. The Kier molecular flexibility index (Phi) is 6.07. The quantitative estimate of drug-likeness (QED) is 0.670. The third-order valence-corrected chi connectivity index (χ3v) is 6.47. The van der Waals surface area contributed by atoms with Crippen LogP contribution in [0.4, 0.5) is 0 Å². The van der Waals surface area contributed by atoms with Crippen LogP contribution in [-0.2, 0) is 11.2 Å². The molecule has 1 amide bonds. The zero-order valence-electron chi connectivity index (χ0n) is 18.0. The lowest BCUT2D eigenvalue weighted by Gasteiger charge is -2.47. The zero-order valence-corrected chi connectivity index (χ0v) is 18.0. The normalized spacial score (nSPS) is 23.7. The summed E-state index contributed by atoms with van der Waals surface area (Å²) in [4.78, 5) is 11.9. The van der Waals surface area contributed by atoms with Gasteiger partial charge in [0.25, 0.3) is 0 Å². The molecule has 1 aromatic rings. The van der Waals surface area contributed by atoms with E-state index in [0.717, 1.165) is 49.0 Å². The van der Waals surface area contributed by atoms with Gasteiger partial charge in [0.2, 0.25) is 5.91 Å². The maximum Gasteiger partial charge on any atom is 0.222 e. The Labute approximate surface area is 169 Å². The van der Waals surface area contributed by atoms with Gasteiger partial charge in [-0.15, -0.1) is 0 Å². The molecule has 2 aliphatic rings. The number of hydrogen-bond donors (Lipinski definition) is 2. The van der Waals surface area contributed by atoms with Gasteiger partial charge in [0.15, 0.2) is 0 Å². The van der Waals surface area contributed by atoms with E-state index in [4.69, 9.17) is 4.74 Å². The second-order valence-corrected chi connectivity index (χ2v) is 9.12. The smallest absolute Gasteiger partial charge is 0.222 e. The molecule has 0 spiro atoms. The summed E-state index contributed by atoms with van der Waals surface area (Å²) in [5.74, 6) is 2.04. The number of aryl methyl sites for hydroxylation is 1. The minimum Gasteiger partial charge on any atom is -0.508 e. The zero-order chi connectivity index (χ0) is 20.5. The van der Waals surface area contributed by atoms with E-state index in [2.05, 4.69) is 38.2 Å². The van der Waals surface area contributed by atoms with Crippen molar-refractivity contribution in [2.24, 2.45) is 11.8 Å². The number of rotatable bonds is 6. The molecule has 0 aromatic heterocycles. The van der Waals surface area contributed by atoms with Gasteiger partial charge in [0.05, 0.1) is 0 Å². The van der Waals surface area contributed by atoms with Gasteiger partial charge in [-0.3, -0.25) is 4.79 Å². The molecular formula is C24H35NO3. The summed E-state index contributed by atoms with van der Waals surface area (Å²) in [6.45, 7) is 11.1. The van der Waals surface area contributed by atoms with Gasteiger partial charge in [-0.25, -0.2) is 0 Å². The highest BCUT2D eigenvalue weighted by Crippen LogP contribution is 2.54. The number of benzene rings is 1. The van der Waals surface area contributed by atoms with Gasteiger partial charge in [0.1, 0.15) is 17.1 Å². The molecule has 4 heteroatoms. The van der Waals surface area contributed by atoms with Gasteiger partial charge < -0.3 is 15.2 Å². The molecule has 1 heterocycles. The number of hydrogen-bond acceptors (Lipinski definition) is 3. The third-order valence-electron chi connectivity index (χ3n) is 6.47. The fourth-order valence-electron chi connectivity index (χ4n) is 4.86. The number of phenols is 1. The first kappa shape index (κ1) is 20.8. The van der Waals surface area contributed by atoms with E-state index in [1.807, 2.05) is 19.9 Å². The van der Waals surface area contributed by atoms with Crippen molar-refractivity contribution in [1.82, 2.24) is 5.32 Å². The van der Waals surface area contributed by atoms with Crippen molar-refractivity contribution < 1.29 is 14.6 Å². The summed E-state index contributed by atoms with van der Waals surface area (Å²) in [6.07, 6.45) is 6.89. The predicted molar refractivity (Wildman–Crippen MR) is 113 cm³/mol. The van der Waals surface area contributed by atoms with Crippen molar-refractivity contribution in [1.29, 1.82) is 0 Å². The number of amides is 1. The molecule has 0 fully saturated rings. The summed E-state index contributed by atoms with van der Waals surface area (Å²) < 4.78 is 6.39. The van der Waals surface area contributed by atoms with Gasteiger partial charge in [-0.2, -0.15) is 0 Å². The Bertz CT molecular complexity index is 765. The number of carbonyl (C=O) groups excluding carboxylic acids is 1. The highest BCUT2D eigenvalue weighted by Gasteiger charge is 2.45. The molecule has 1 unspecified atom stereocenters. The molecule has 3 atom stereocenters. The SMILES string of the molecule is CCNC(=O)C(C)CCCc1cc(O)c2c(c1)OC(C)(C)[C@@H]1CC=C(C)C[C@@H]21. The molecule has 154 valence electrons. The number of allylic oxidation sites excluding steroid dienone is 2. The van der Waals surface area contributed by atoms with E-state index in [-0.39, 0.29) is 17.4 Å². The van der Waals surface area contributed by atoms with Crippen molar-refractivity contribution in [3.63, 3.8) is 0 Å². The van der Waals surface area contributed by atoms with Crippen LogP contribution in [0.5, 0.6) is 11.5 Å². The van der Waals surface area contributed by atoms with Crippen molar-refractivity contribution >= 4 is 5.91 Å². The Hall–Kier alpha value is -1.97. The fourth-order valence-corrected chi connectivity index (χ4v) is 4.86. The second kappa shape index (κ2) is 8.18. The summed E-state index contributed by atoms with van der Waals surface area (Å²) >= 11 is 0. The van der Waals surface area contributed by atoms with E-state index in [9.17, 15) is 9.90 Å². The summed E-state index contributed by atoms with van der Waals surface area (Å²) in [5, 5.41) is 13.7. The first-order valence-corrected chi connectivity index (χ1v) is 10.7. The molecule has 0 saturated heterocycles. The van der Waals surface area contributed by atoms with Crippen LogP contribution in [0.15, 0.2) is 23.8 Å². The maximum absolute atomic E-state index is 11.9. The molecule has 3 rings (SSSR count). The molecular weight excluding hydrogens is 350 g/mol. The highest BCUT2D eigenvalue weighted by atomic mass is 16.5. The van der Waals surface area contributed by atoms with Gasteiger partial charge in [-0.1, -0.05) is 18.6 Å². The van der Waals surface area contributed by atoms with Crippen LogP contribution in [0.1, 0.15) is 77.3 Å². The standard InChI is InChI=1S/C24H35NO3/c1-6-25-23(27)16(3)8-7-9-17-13-20(26)22-18-12-15(2)10-11-19(18)24(4,5)28-21(22)14-17/h10,13-14,16,18-19,26H,6-9,11-12H2,1-5H3,(H,25,27)/t16?,18-,19-/m1/s1. The van der Waals surface area contributed by atoms with E-state index in [0.29, 0.717) is 24.1 Å². The number of ether oxygens (including phenoxy) is 1. The lowest BCUT2D eigenvalue weighted by Crippen LogP contribution is -2.45. The second-order valence-electron chi connectivity index (χ2n) is 9.12. The summed E-state index contributed by atoms with van der Waals surface area (Å²) in [7, 11) is 0. The monoisotopic (exact) mass is 385 g/mol. The van der Waals surface area contributed by atoms with Crippen molar-refractivity contribution in [2.45, 2.75) is 78.2 Å². The number of fused-ring (bicyclic) bond motifs is 3. The predicted octanol–water partition coefficient (Wildman–Crippen LogP) is 5.10. The first-order valence-electron chi connectivity index (χ1n) is 10.7. The molecule has 1 aliphatic heterocycles. The van der Waals surface area contributed by atoms with Gasteiger partial charge in [-0.05, 0) is 77.5 Å². The lowest BCUT2D eigenvalue weighted by molar-refractivity contribution is -0.124. The lowest BCUT2D eigenvalue weighted by atomic mass is 9.67. The maximum atomic E-state index is 11.9. The average molecular weight is 386 g/mol. The number of nitrogens with one attached hydrogen (secondary N) is 1. The molecule has 0 bridgehead atoms. The number of carbonyl (C=O) groups is 1. The largest absolute Gasteiger partial charge is 0.508 e. The summed E-state index contributed by atoms with van der Waals surface area (Å²) in [5.41, 5.74) is 3.22. The van der Waals surface area contributed by atoms with E-state index in [1.165, 1.54) is 5.57 Å². The van der Waals surface area contributed by atoms with Crippen LogP contribution < -0.4 is 10.1 Å². The minimum absolute atomic E-state index is 0.0131. The van der Waals surface area contributed by atoms with E-state index < -0.39 is 0 Å². The van der Waals surface area contributed by atoms with Crippen molar-refractivity contribution in [2.75, 3.05) is 6.54 Å². The molecule has 4 nitrogen and oxygen atoms in total. The molecule has 2 N–H and O–H groups in total. The van der Waals surface area contributed by atoms with Crippen LogP contribution in [0.25, 0.3) is 0 Å². The molecule has 28 heavy (non-hydrogen) atoms. The fraction of sp³-hybridized carbons (Fsp3) is 0.625. The van der Waals surface area contributed by atoms with Crippen LogP contribution in [-0.4, -0.2) is 23.2 Å². The Morgan fingerprint density at radius 1 is 1.39 bits per heavy atom. The molecule has 0 radical (unpaired) electrons. The first-order chi connectivity index (χ1) is 13.2. The molecule has 1 aromatic carbocycles. The Balaban J connectivity index is 1.75.